The third kappa shape index (κ3) is 3.03. The number of hydrogen-bond donors (Lipinski definition) is 0. The molecule has 0 unspecified atom stereocenters. The van der Waals surface area contributed by atoms with Gasteiger partial charge in [0.15, 0.2) is 0 Å². The Morgan fingerprint density at radius 1 is 1.00 bits per heavy atom. The number of alkyl halides is 6. The van der Waals surface area contributed by atoms with Gasteiger partial charge >= 0.3 is 18.4 Å². The van der Waals surface area contributed by atoms with Crippen molar-refractivity contribution in [2.75, 3.05) is 0 Å². The van der Waals surface area contributed by atoms with Crippen LogP contribution in [0.25, 0.3) is 0 Å². The van der Waals surface area contributed by atoms with Crippen molar-refractivity contribution in [3.63, 3.8) is 0 Å². The minimum absolute atomic E-state index is 0.0295. The third-order valence-corrected chi connectivity index (χ3v) is 2.22. The summed E-state index contributed by atoms with van der Waals surface area (Å²) < 4.78 is 84.8. The fourth-order valence-corrected chi connectivity index (χ4v) is 1.37. The molecule has 0 saturated carbocycles. The van der Waals surface area contributed by atoms with E-state index >= 15 is 0 Å². The van der Waals surface area contributed by atoms with Crippen molar-refractivity contribution >= 4 is 0 Å². The Kier molecular flexibility index (Phi) is 3.36. The number of oxazole rings is 1. The molecule has 0 saturated heterocycles. The summed E-state index contributed by atoms with van der Waals surface area (Å²) in [5.41, 5.74) is -2.99. The third-order valence-electron chi connectivity index (χ3n) is 2.22. The fraction of sp³-hybridized carbons (Fsp3) is 0.182. The molecule has 20 heavy (non-hydrogen) atoms. The van der Waals surface area contributed by atoms with E-state index in [0.29, 0.717) is 12.1 Å². The Morgan fingerprint density at radius 2 is 1.70 bits per heavy atom. The molecular formula is C11H5F6NO2. The molecule has 1 aromatic heterocycles. The van der Waals surface area contributed by atoms with Crippen LogP contribution in [0.5, 0.6) is 11.8 Å². The van der Waals surface area contributed by atoms with Gasteiger partial charge in [0.25, 0.3) is 0 Å². The molecule has 1 heterocycles. The summed E-state index contributed by atoms with van der Waals surface area (Å²) >= 11 is 0. The average Bonchev–Trinajstić information content (AvgIpc) is 2.79. The zero-order valence-corrected chi connectivity index (χ0v) is 9.42. The first-order valence-corrected chi connectivity index (χ1v) is 5.04. The zero-order valence-electron chi connectivity index (χ0n) is 9.42. The Bertz CT molecular complexity index is 588. The molecule has 0 aliphatic rings. The van der Waals surface area contributed by atoms with Crippen LogP contribution in [-0.2, 0) is 12.4 Å². The monoisotopic (exact) mass is 297 g/mol. The quantitative estimate of drug-likeness (QED) is 0.765. The van der Waals surface area contributed by atoms with Crippen LogP contribution < -0.4 is 4.74 Å². The van der Waals surface area contributed by atoms with E-state index in [1.165, 1.54) is 0 Å². The number of aromatic nitrogens is 1. The van der Waals surface area contributed by atoms with Crippen molar-refractivity contribution in [3.05, 3.63) is 41.8 Å². The summed E-state index contributed by atoms with van der Waals surface area (Å²) in [5, 5.41) is 0. The maximum absolute atomic E-state index is 12.7. The fourth-order valence-electron chi connectivity index (χ4n) is 1.37. The van der Waals surface area contributed by atoms with Crippen LogP contribution in [0.3, 0.4) is 0 Å². The van der Waals surface area contributed by atoms with Gasteiger partial charge in [-0.05, 0) is 18.2 Å². The molecule has 0 atom stereocenters. The van der Waals surface area contributed by atoms with Crippen LogP contribution in [0.15, 0.2) is 35.1 Å². The topological polar surface area (TPSA) is 35.3 Å². The van der Waals surface area contributed by atoms with Gasteiger partial charge in [0, 0.05) is 0 Å². The van der Waals surface area contributed by atoms with Crippen molar-refractivity contribution in [3.8, 4) is 11.8 Å². The Morgan fingerprint density at radius 3 is 2.20 bits per heavy atom. The Balaban J connectivity index is 2.46. The van der Waals surface area contributed by atoms with E-state index in [2.05, 4.69) is 14.1 Å². The Labute approximate surface area is 107 Å². The second kappa shape index (κ2) is 4.73. The number of hydrogen-bond acceptors (Lipinski definition) is 3. The maximum atomic E-state index is 12.7. The predicted octanol–water partition coefficient (Wildman–Crippen LogP) is 4.50. The summed E-state index contributed by atoms with van der Waals surface area (Å²) in [6.45, 7) is 0. The normalized spacial score (nSPS) is 12.5. The molecule has 0 N–H and O–H groups in total. The first-order chi connectivity index (χ1) is 9.18. The van der Waals surface area contributed by atoms with Gasteiger partial charge in [0.05, 0.1) is 17.3 Å². The highest BCUT2D eigenvalue weighted by Crippen LogP contribution is 2.41. The lowest BCUT2D eigenvalue weighted by atomic mass is 10.1. The van der Waals surface area contributed by atoms with Crippen molar-refractivity contribution in [1.29, 1.82) is 0 Å². The molecule has 0 amide bonds. The minimum Gasteiger partial charge on any atom is -0.417 e. The van der Waals surface area contributed by atoms with Gasteiger partial charge in [-0.3, -0.25) is 0 Å². The lowest BCUT2D eigenvalue weighted by Gasteiger charge is -2.14. The molecule has 9 heteroatoms. The summed E-state index contributed by atoms with van der Waals surface area (Å²) in [6, 6.07) is 1.02. The number of nitrogens with zero attached hydrogens (tertiary/aromatic N) is 1. The summed E-state index contributed by atoms with van der Waals surface area (Å²) in [5.74, 6) is -0.826. The van der Waals surface area contributed by atoms with Gasteiger partial charge in [0.1, 0.15) is 12.0 Å². The minimum atomic E-state index is -5.01. The predicted molar refractivity (Wildman–Crippen MR) is 53.0 cm³/mol. The molecule has 0 radical (unpaired) electrons. The second-order valence-electron chi connectivity index (χ2n) is 3.61. The van der Waals surface area contributed by atoms with E-state index in [-0.39, 0.29) is 6.07 Å². The van der Waals surface area contributed by atoms with Crippen molar-refractivity contribution in [2.45, 2.75) is 12.4 Å². The van der Waals surface area contributed by atoms with Gasteiger partial charge in [-0.2, -0.15) is 31.3 Å². The van der Waals surface area contributed by atoms with E-state index in [1.54, 1.807) is 0 Å². The molecule has 108 valence electrons. The molecule has 0 bridgehead atoms. The highest BCUT2D eigenvalue weighted by Gasteiger charge is 2.39. The van der Waals surface area contributed by atoms with E-state index < -0.39 is 35.3 Å². The van der Waals surface area contributed by atoms with Crippen LogP contribution in [0, 0.1) is 0 Å². The molecule has 0 spiro atoms. The van der Waals surface area contributed by atoms with Gasteiger partial charge in [-0.15, -0.1) is 0 Å². The van der Waals surface area contributed by atoms with E-state index in [9.17, 15) is 26.3 Å². The van der Waals surface area contributed by atoms with Crippen LogP contribution in [0.4, 0.5) is 26.3 Å². The van der Waals surface area contributed by atoms with Crippen LogP contribution in [0.1, 0.15) is 11.1 Å². The summed E-state index contributed by atoms with van der Waals surface area (Å²) in [7, 11) is 0. The molecule has 3 nitrogen and oxygen atoms in total. The molecule has 2 aromatic rings. The standard InChI is InChI=1S/C11H5F6NO2/c12-10(13,14)6-1-2-8(7(5-6)11(15,16)17)20-9-18-3-4-19-9/h1-5H. The van der Waals surface area contributed by atoms with E-state index in [1.807, 2.05) is 0 Å². The molecular weight excluding hydrogens is 292 g/mol. The largest absolute Gasteiger partial charge is 0.420 e. The first kappa shape index (κ1) is 14.2. The molecule has 0 fully saturated rings. The Hall–Kier alpha value is -2.19. The highest BCUT2D eigenvalue weighted by molar-refractivity contribution is 5.41. The number of rotatable bonds is 2. The number of benzene rings is 1. The van der Waals surface area contributed by atoms with Gasteiger partial charge in [-0.1, -0.05) is 0 Å². The van der Waals surface area contributed by atoms with Crippen molar-refractivity contribution in [1.82, 2.24) is 4.98 Å². The van der Waals surface area contributed by atoms with Gasteiger partial charge in [-0.25, -0.2) is 0 Å². The SMILES string of the molecule is FC(F)(F)c1ccc(Oc2ncco2)c(C(F)(F)F)c1. The second-order valence-corrected chi connectivity index (χ2v) is 3.61. The van der Waals surface area contributed by atoms with E-state index in [4.69, 9.17) is 0 Å². The molecule has 1 aromatic carbocycles. The smallest absolute Gasteiger partial charge is 0.417 e. The number of halogens is 6. The van der Waals surface area contributed by atoms with Crippen molar-refractivity contribution in [2.24, 2.45) is 0 Å². The zero-order chi connectivity index (χ0) is 15.0. The lowest BCUT2D eigenvalue weighted by molar-refractivity contribution is -0.143. The molecule has 0 aliphatic heterocycles. The van der Waals surface area contributed by atoms with Gasteiger partial charge < -0.3 is 9.15 Å². The van der Waals surface area contributed by atoms with Crippen LogP contribution in [0.2, 0.25) is 0 Å². The highest BCUT2D eigenvalue weighted by atomic mass is 19.4. The van der Waals surface area contributed by atoms with Crippen LogP contribution in [-0.4, -0.2) is 4.98 Å². The lowest BCUT2D eigenvalue weighted by Crippen LogP contribution is -2.11. The van der Waals surface area contributed by atoms with E-state index in [0.717, 1.165) is 12.5 Å². The number of ether oxygens (including phenoxy) is 1. The van der Waals surface area contributed by atoms with Crippen LogP contribution >= 0.6 is 0 Å². The average molecular weight is 297 g/mol. The molecule has 2 rings (SSSR count). The summed E-state index contributed by atoms with van der Waals surface area (Å²) in [4.78, 5) is 3.43. The first-order valence-electron chi connectivity index (χ1n) is 5.04. The molecule has 0 aliphatic carbocycles. The summed E-state index contributed by atoms with van der Waals surface area (Å²) in [6.07, 6.45) is -8.24. The maximum Gasteiger partial charge on any atom is 0.420 e. The van der Waals surface area contributed by atoms with Crippen molar-refractivity contribution < 1.29 is 35.5 Å². The van der Waals surface area contributed by atoms with Gasteiger partial charge in [0.2, 0.25) is 0 Å².